The van der Waals surface area contributed by atoms with Gasteiger partial charge in [0.2, 0.25) is 0 Å². The second-order valence-corrected chi connectivity index (χ2v) is 5.04. The van der Waals surface area contributed by atoms with Crippen LogP contribution in [0, 0.1) is 0 Å². The van der Waals surface area contributed by atoms with Crippen molar-refractivity contribution in [3.05, 3.63) is 23.8 Å². The van der Waals surface area contributed by atoms with E-state index in [4.69, 9.17) is 9.47 Å². The lowest BCUT2D eigenvalue weighted by Gasteiger charge is -2.26. The highest BCUT2D eigenvalue weighted by Gasteiger charge is 2.16. The zero-order valence-corrected chi connectivity index (χ0v) is 12.4. The van der Waals surface area contributed by atoms with Gasteiger partial charge in [-0.2, -0.15) is 0 Å². The van der Waals surface area contributed by atoms with Crippen molar-refractivity contribution in [1.29, 1.82) is 0 Å². The monoisotopic (exact) mass is 277 g/mol. The highest BCUT2D eigenvalue weighted by atomic mass is 16.5. The third-order valence-electron chi connectivity index (χ3n) is 3.67. The van der Waals surface area contributed by atoms with Crippen molar-refractivity contribution in [2.24, 2.45) is 0 Å². The van der Waals surface area contributed by atoms with Crippen LogP contribution >= 0.6 is 0 Å². The van der Waals surface area contributed by atoms with Crippen LogP contribution in [0.4, 0.5) is 0 Å². The largest absolute Gasteiger partial charge is 0.496 e. The van der Waals surface area contributed by atoms with Crippen LogP contribution in [-0.4, -0.2) is 44.0 Å². The molecule has 0 unspecified atom stereocenters. The molecule has 2 rings (SSSR count). The Hall–Kier alpha value is -1.55. The average Bonchev–Trinajstić information content (AvgIpc) is 2.47. The predicted molar refractivity (Wildman–Crippen MR) is 78.5 cm³/mol. The molecular formula is C16H23NO3. The molecule has 1 aliphatic heterocycles. The molecule has 1 aromatic rings. The number of ketones is 1. The van der Waals surface area contributed by atoms with Crippen LogP contribution in [0.15, 0.2) is 18.2 Å². The topological polar surface area (TPSA) is 38.8 Å². The van der Waals surface area contributed by atoms with Crippen molar-refractivity contribution in [3.63, 3.8) is 0 Å². The summed E-state index contributed by atoms with van der Waals surface area (Å²) in [5.74, 6) is 2.18. The van der Waals surface area contributed by atoms with Gasteiger partial charge in [0, 0.05) is 32.5 Å². The molecule has 0 N–H and O–H groups in total. The van der Waals surface area contributed by atoms with Gasteiger partial charge < -0.3 is 14.4 Å². The lowest BCUT2D eigenvalue weighted by molar-refractivity contribution is -0.121. The lowest BCUT2D eigenvalue weighted by atomic mass is 10.1. The summed E-state index contributed by atoms with van der Waals surface area (Å²) in [6, 6.07) is 5.95. The fourth-order valence-corrected chi connectivity index (χ4v) is 2.51. The summed E-state index contributed by atoms with van der Waals surface area (Å²) >= 11 is 0. The molecule has 4 heteroatoms. The van der Waals surface area contributed by atoms with E-state index in [9.17, 15) is 4.79 Å². The molecule has 0 radical (unpaired) electrons. The molecule has 0 amide bonds. The fourth-order valence-electron chi connectivity index (χ4n) is 2.51. The number of carbonyl (C=O) groups excluding carboxylic acids is 1. The molecule has 0 spiro atoms. The molecule has 4 nitrogen and oxygen atoms in total. The maximum atomic E-state index is 11.2. The molecule has 1 heterocycles. The molecule has 1 fully saturated rings. The summed E-state index contributed by atoms with van der Waals surface area (Å²) < 4.78 is 10.9. The molecule has 0 aromatic heterocycles. The van der Waals surface area contributed by atoms with Gasteiger partial charge in [-0.3, -0.25) is 4.79 Å². The summed E-state index contributed by atoms with van der Waals surface area (Å²) in [4.78, 5) is 13.6. The second kappa shape index (κ2) is 7.29. The van der Waals surface area contributed by atoms with E-state index < -0.39 is 0 Å². The van der Waals surface area contributed by atoms with E-state index in [0.29, 0.717) is 25.2 Å². The molecule has 1 saturated heterocycles. The molecule has 0 bridgehead atoms. The third kappa shape index (κ3) is 3.97. The lowest BCUT2D eigenvalue weighted by Crippen LogP contribution is -2.35. The van der Waals surface area contributed by atoms with Crippen LogP contribution < -0.4 is 9.47 Å². The Kier molecular flexibility index (Phi) is 5.41. The van der Waals surface area contributed by atoms with Crippen LogP contribution in [0.2, 0.25) is 0 Å². The van der Waals surface area contributed by atoms with Crippen LogP contribution in [0.5, 0.6) is 11.5 Å². The van der Waals surface area contributed by atoms with Crippen LogP contribution in [-0.2, 0) is 11.2 Å². The first-order chi connectivity index (χ1) is 9.72. The number of hydrogen-bond acceptors (Lipinski definition) is 4. The van der Waals surface area contributed by atoms with Crippen molar-refractivity contribution >= 4 is 5.78 Å². The normalized spacial score (nSPS) is 16.2. The minimum absolute atomic E-state index is 0.386. The number of rotatable bonds is 6. The maximum absolute atomic E-state index is 11.2. The van der Waals surface area contributed by atoms with Crippen molar-refractivity contribution in [1.82, 2.24) is 4.90 Å². The summed E-state index contributed by atoms with van der Waals surface area (Å²) in [6.07, 6.45) is 2.30. The number of benzene rings is 1. The van der Waals surface area contributed by atoms with Gasteiger partial charge in [-0.1, -0.05) is 0 Å². The third-order valence-corrected chi connectivity index (χ3v) is 3.67. The molecular weight excluding hydrogens is 254 g/mol. The molecule has 1 aliphatic rings. The fraction of sp³-hybridized carbons (Fsp3) is 0.562. The van der Waals surface area contributed by atoms with E-state index in [-0.39, 0.29) is 0 Å². The Bertz CT molecular complexity index is 449. The quantitative estimate of drug-likeness (QED) is 0.800. The smallest absolute Gasteiger partial charge is 0.135 e. The minimum atomic E-state index is 0.386. The van der Waals surface area contributed by atoms with Gasteiger partial charge in [0.1, 0.15) is 17.3 Å². The Morgan fingerprint density at radius 1 is 1.25 bits per heavy atom. The van der Waals surface area contributed by atoms with Crippen molar-refractivity contribution in [3.8, 4) is 11.5 Å². The van der Waals surface area contributed by atoms with E-state index in [1.54, 1.807) is 7.11 Å². The molecule has 20 heavy (non-hydrogen) atoms. The first-order valence-electron chi connectivity index (χ1n) is 7.26. The maximum Gasteiger partial charge on any atom is 0.135 e. The van der Waals surface area contributed by atoms with Gasteiger partial charge in [-0.05, 0) is 37.1 Å². The molecule has 0 aliphatic carbocycles. The SMILES string of the molecule is CCOc1ccc(OC)c(CCN2CCC(=O)CC2)c1. The summed E-state index contributed by atoms with van der Waals surface area (Å²) in [7, 11) is 1.69. The molecule has 1 aromatic carbocycles. The van der Waals surface area contributed by atoms with Gasteiger partial charge in [0.25, 0.3) is 0 Å². The Morgan fingerprint density at radius 3 is 2.65 bits per heavy atom. The number of piperidine rings is 1. The van der Waals surface area contributed by atoms with E-state index >= 15 is 0 Å². The van der Waals surface area contributed by atoms with Gasteiger partial charge >= 0.3 is 0 Å². The number of carbonyl (C=O) groups is 1. The number of ether oxygens (including phenoxy) is 2. The summed E-state index contributed by atoms with van der Waals surface area (Å²) in [5.41, 5.74) is 1.16. The predicted octanol–water partition coefficient (Wildman–Crippen LogP) is 2.30. The van der Waals surface area contributed by atoms with Crippen LogP contribution in [0.3, 0.4) is 0 Å². The zero-order chi connectivity index (χ0) is 14.4. The number of Topliss-reactive ketones (excluding diaryl/α,β-unsaturated/α-hetero) is 1. The van der Waals surface area contributed by atoms with Gasteiger partial charge in [-0.15, -0.1) is 0 Å². The highest BCUT2D eigenvalue weighted by Crippen LogP contribution is 2.25. The van der Waals surface area contributed by atoms with Crippen LogP contribution in [0.1, 0.15) is 25.3 Å². The number of hydrogen-bond donors (Lipinski definition) is 0. The van der Waals surface area contributed by atoms with Gasteiger partial charge in [0.05, 0.1) is 13.7 Å². The Balaban J connectivity index is 1.96. The number of likely N-dealkylation sites (tertiary alicyclic amines) is 1. The van der Waals surface area contributed by atoms with Gasteiger partial charge in [-0.25, -0.2) is 0 Å². The summed E-state index contributed by atoms with van der Waals surface area (Å²) in [5, 5.41) is 0. The standard InChI is InChI=1S/C16H23NO3/c1-3-20-15-4-5-16(19-2)13(12-15)6-9-17-10-7-14(18)8-11-17/h4-5,12H,3,6-11H2,1-2H3. The number of methoxy groups -OCH3 is 1. The highest BCUT2D eigenvalue weighted by molar-refractivity contribution is 5.79. The molecule has 110 valence electrons. The average molecular weight is 277 g/mol. The zero-order valence-electron chi connectivity index (χ0n) is 12.4. The number of nitrogens with zero attached hydrogens (tertiary/aromatic N) is 1. The van der Waals surface area contributed by atoms with Crippen molar-refractivity contribution in [2.45, 2.75) is 26.2 Å². The van der Waals surface area contributed by atoms with E-state index in [1.807, 2.05) is 19.1 Å². The first-order valence-corrected chi connectivity index (χ1v) is 7.26. The first kappa shape index (κ1) is 14.9. The minimum Gasteiger partial charge on any atom is -0.496 e. The van der Waals surface area contributed by atoms with Crippen LogP contribution in [0.25, 0.3) is 0 Å². The summed E-state index contributed by atoms with van der Waals surface area (Å²) in [6.45, 7) is 5.37. The van der Waals surface area contributed by atoms with E-state index in [0.717, 1.165) is 43.1 Å². The van der Waals surface area contributed by atoms with E-state index in [2.05, 4.69) is 11.0 Å². The molecule has 0 atom stereocenters. The van der Waals surface area contributed by atoms with Crippen molar-refractivity contribution < 1.29 is 14.3 Å². The second-order valence-electron chi connectivity index (χ2n) is 5.04. The van der Waals surface area contributed by atoms with Crippen molar-refractivity contribution in [2.75, 3.05) is 33.4 Å². The molecule has 0 saturated carbocycles. The van der Waals surface area contributed by atoms with E-state index in [1.165, 1.54) is 0 Å². The Morgan fingerprint density at radius 2 is 2.00 bits per heavy atom. The Labute approximate surface area is 120 Å². The van der Waals surface area contributed by atoms with Gasteiger partial charge in [0.15, 0.2) is 0 Å².